The molecule has 2 aromatic rings. The number of rotatable bonds is 6. The number of ketones is 1. The van der Waals surface area contributed by atoms with Gasteiger partial charge in [0.05, 0.1) is 25.8 Å². The van der Waals surface area contributed by atoms with Crippen LogP contribution < -0.4 is 9.47 Å². The molecule has 0 spiro atoms. The third-order valence-corrected chi connectivity index (χ3v) is 6.35. The van der Waals surface area contributed by atoms with E-state index in [9.17, 15) is 14.7 Å². The molecule has 6 nitrogen and oxygen atoms in total. The van der Waals surface area contributed by atoms with Crippen molar-refractivity contribution in [3.63, 3.8) is 0 Å². The van der Waals surface area contributed by atoms with Crippen molar-refractivity contribution in [3.8, 4) is 11.5 Å². The number of amides is 1. The third-order valence-electron chi connectivity index (χ3n) is 6.35. The number of hydrogen-bond donors (Lipinski definition) is 1. The maximum atomic E-state index is 13.1. The van der Waals surface area contributed by atoms with E-state index in [4.69, 9.17) is 9.47 Å². The van der Waals surface area contributed by atoms with Crippen LogP contribution in [0.3, 0.4) is 0 Å². The summed E-state index contributed by atoms with van der Waals surface area (Å²) < 4.78 is 10.8. The minimum Gasteiger partial charge on any atom is -0.507 e. The molecule has 1 atom stereocenters. The molecule has 2 aliphatic rings. The van der Waals surface area contributed by atoms with Crippen LogP contribution in [-0.4, -0.2) is 42.5 Å². The quantitative estimate of drug-likeness (QED) is 0.413. The molecule has 0 radical (unpaired) electrons. The largest absolute Gasteiger partial charge is 0.507 e. The van der Waals surface area contributed by atoms with Crippen LogP contribution in [0.4, 0.5) is 0 Å². The lowest BCUT2D eigenvalue weighted by atomic mass is 9.88. The molecule has 1 fully saturated rings. The first-order chi connectivity index (χ1) is 15.5. The van der Waals surface area contributed by atoms with Crippen LogP contribution in [0.2, 0.25) is 0 Å². The zero-order chi connectivity index (χ0) is 22.8. The Morgan fingerprint density at radius 2 is 1.72 bits per heavy atom. The summed E-state index contributed by atoms with van der Waals surface area (Å²) in [6, 6.07) is 10.5. The summed E-state index contributed by atoms with van der Waals surface area (Å²) >= 11 is 0. The molecule has 1 N–H and O–H groups in total. The van der Waals surface area contributed by atoms with Gasteiger partial charge >= 0.3 is 0 Å². The second kappa shape index (κ2) is 9.07. The van der Waals surface area contributed by atoms with Crippen LogP contribution >= 0.6 is 0 Å². The van der Waals surface area contributed by atoms with Crippen LogP contribution in [0.5, 0.6) is 11.5 Å². The van der Waals surface area contributed by atoms with Gasteiger partial charge < -0.3 is 19.5 Å². The molecule has 2 aromatic carbocycles. The summed E-state index contributed by atoms with van der Waals surface area (Å²) in [6.45, 7) is 2.36. The van der Waals surface area contributed by atoms with Gasteiger partial charge in [-0.1, -0.05) is 25.1 Å². The van der Waals surface area contributed by atoms with E-state index in [1.165, 1.54) is 29.6 Å². The van der Waals surface area contributed by atoms with Gasteiger partial charge in [-0.2, -0.15) is 0 Å². The highest BCUT2D eigenvalue weighted by Gasteiger charge is 2.45. The highest BCUT2D eigenvalue weighted by Crippen LogP contribution is 2.42. The van der Waals surface area contributed by atoms with Gasteiger partial charge in [-0.15, -0.1) is 0 Å². The smallest absolute Gasteiger partial charge is 0.295 e. The van der Waals surface area contributed by atoms with Gasteiger partial charge in [0.15, 0.2) is 11.5 Å². The summed E-state index contributed by atoms with van der Waals surface area (Å²) in [5, 5.41) is 11.3. The molecule has 1 heterocycles. The van der Waals surface area contributed by atoms with Crippen LogP contribution in [0, 0.1) is 0 Å². The van der Waals surface area contributed by atoms with E-state index in [1.807, 2.05) is 25.1 Å². The average molecular weight is 436 g/mol. The Balaban J connectivity index is 1.86. The number of methoxy groups -OCH3 is 2. The number of likely N-dealkylation sites (tertiary alicyclic amines) is 1. The topological polar surface area (TPSA) is 76.1 Å². The zero-order valence-corrected chi connectivity index (χ0v) is 18.8. The fraction of sp³-hybridized carbons (Fsp3) is 0.385. The number of Topliss-reactive ketones (excluding diaryl/α,β-unsaturated/α-hetero) is 1. The molecule has 168 valence electrons. The zero-order valence-electron chi connectivity index (χ0n) is 18.8. The van der Waals surface area contributed by atoms with Gasteiger partial charge in [0.1, 0.15) is 5.76 Å². The Morgan fingerprint density at radius 3 is 2.41 bits per heavy atom. The molecular formula is C26H29NO5. The molecule has 0 aromatic heterocycles. The first kappa shape index (κ1) is 21.9. The highest BCUT2D eigenvalue weighted by atomic mass is 16.5. The number of ether oxygens (including phenoxy) is 2. The molecular weight excluding hydrogens is 406 g/mol. The molecule has 1 unspecified atom stereocenters. The van der Waals surface area contributed by atoms with Crippen molar-refractivity contribution in [1.82, 2.24) is 4.90 Å². The van der Waals surface area contributed by atoms with Crippen molar-refractivity contribution in [2.45, 2.75) is 45.1 Å². The van der Waals surface area contributed by atoms with Crippen molar-refractivity contribution < 1.29 is 24.2 Å². The van der Waals surface area contributed by atoms with E-state index in [2.05, 4.69) is 0 Å². The molecule has 6 heteroatoms. The first-order valence-corrected chi connectivity index (χ1v) is 11.1. The monoisotopic (exact) mass is 435 g/mol. The second-order valence-electron chi connectivity index (χ2n) is 8.30. The van der Waals surface area contributed by atoms with Crippen LogP contribution in [0.1, 0.15) is 54.5 Å². The Morgan fingerprint density at radius 1 is 1.00 bits per heavy atom. The number of benzene rings is 2. The van der Waals surface area contributed by atoms with Gasteiger partial charge in [0.25, 0.3) is 11.7 Å². The molecule has 0 bridgehead atoms. The molecule has 4 rings (SSSR count). The minimum absolute atomic E-state index is 0.117. The SMILES string of the molecule is CCCN1C(=O)C(=O)/C(=C(/O)c2ccc3c(c2)CCCC3)C1c1ccc(OC)c(OC)c1. The summed E-state index contributed by atoms with van der Waals surface area (Å²) in [4.78, 5) is 27.5. The summed E-state index contributed by atoms with van der Waals surface area (Å²) in [6.07, 6.45) is 4.96. The number of carbonyl (C=O) groups is 2. The van der Waals surface area contributed by atoms with Crippen molar-refractivity contribution in [1.29, 1.82) is 0 Å². The minimum atomic E-state index is -0.689. The second-order valence-corrected chi connectivity index (χ2v) is 8.30. The number of aryl methyl sites for hydroxylation is 2. The highest BCUT2D eigenvalue weighted by molar-refractivity contribution is 6.46. The molecule has 1 aliphatic heterocycles. The fourth-order valence-electron chi connectivity index (χ4n) is 4.76. The van der Waals surface area contributed by atoms with E-state index < -0.39 is 17.7 Å². The number of carbonyl (C=O) groups excluding carboxylic acids is 2. The number of nitrogens with zero attached hydrogens (tertiary/aromatic N) is 1. The van der Waals surface area contributed by atoms with Crippen LogP contribution in [-0.2, 0) is 22.4 Å². The number of hydrogen-bond acceptors (Lipinski definition) is 5. The predicted molar refractivity (Wildman–Crippen MR) is 122 cm³/mol. The Bertz CT molecular complexity index is 1090. The lowest BCUT2D eigenvalue weighted by molar-refractivity contribution is -0.139. The van der Waals surface area contributed by atoms with E-state index in [-0.39, 0.29) is 11.3 Å². The Hall–Kier alpha value is -3.28. The van der Waals surface area contributed by atoms with Gasteiger partial charge in [-0.3, -0.25) is 9.59 Å². The average Bonchev–Trinajstić information content (AvgIpc) is 3.08. The summed E-state index contributed by atoms with van der Waals surface area (Å²) in [7, 11) is 3.09. The van der Waals surface area contributed by atoms with Crippen LogP contribution in [0.15, 0.2) is 42.0 Å². The van der Waals surface area contributed by atoms with E-state index in [0.29, 0.717) is 35.6 Å². The van der Waals surface area contributed by atoms with Gasteiger partial charge in [0, 0.05) is 12.1 Å². The summed E-state index contributed by atoms with van der Waals surface area (Å²) in [5.41, 5.74) is 3.87. The predicted octanol–water partition coefficient (Wildman–Crippen LogP) is 4.41. The lowest BCUT2D eigenvalue weighted by Gasteiger charge is -2.25. The van der Waals surface area contributed by atoms with Crippen molar-refractivity contribution in [3.05, 3.63) is 64.2 Å². The van der Waals surface area contributed by atoms with Gasteiger partial charge in [-0.05, 0) is 67.0 Å². The van der Waals surface area contributed by atoms with E-state index in [0.717, 1.165) is 19.3 Å². The molecule has 1 amide bonds. The van der Waals surface area contributed by atoms with Crippen molar-refractivity contribution in [2.75, 3.05) is 20.8 Å². The standard InChI is InChI=1S/C26H29NO5/c1-4-13-27-23(18-11-12-20(31-2)21(15-18)32-3)22(25(29)26(27)30)24(28)19-10-9-16-7-5-6-8-17(16)14-19/h9-12,14-15,23,28H,4-8,13H2,1-3H3/b24-22+. The number of aliphatic hydroxyl groups is 1. The number of fused-ring (bicyclic) bond motifs is 1. The fourth-order valence-corrected chi connectivity index (χ4v) is 4.76. The van der Waals surface area contributed by atoms with Gasteiger partial charge in [0.2, 0.25) is 0 Å². The molecule has 1 saturated heterocycles. The number of aliphatic hydroxyl groups excluding tert-OH is 1. The Labute approximate surface area is 188 Å². The normalized spacial score (nSPS) is 19.7. The third kappa shape index (κ3) is 3.74. The van der Waals surface area contributed by atoms with Crippen molar-refractivity contribution >= 4 is 17.4 Å². The maximum Gasteiger partial charge on any atom is 0.295 e. The van der Waals surface area contributed by atoms with E-state index >= 15 is 0 Å². The molecule has 32 heavy (non-hydrogen) atoms. The first-order valence-electron chi connectivity index (χ1n) is 11.1. The molecule has 1 aliphatic carbocycles. The maximum absolute atomic E-state index is 13.1. The molecule has 0 saturated carbocycles. The van der Waals surface area contributed by atoms with Crippen LogP contribution in [0.25, 0.3) is 5.76 Å². The van der Waals surface area contributed by atoms with Gasteiger partial charge in [-0.25, -0.2) is 0 Å². The van der Waals surface area contributed by atoms with E-state index in [1.54, 1.807) is 25.3 Å². The van der Waals surface area contributed by atoms with Crippen molar-refractivity contribution in [2.24, 2.45) is 0 Å². The lowest BCUT2D eigenvalue weighted by Crippen LogP contribution is -2.30. The Kier molecular flexibility index (Phi) is 6.21. The summed E-state index contributed by atoms with van der Waals surface area (Å²) in [5.74, 6) is -0.325.